The van der Waals surface area contributed by atoms with Crippen LogP contribution in [-0.2, 0) is 16.6 Å². The summed E-state index contributed by atoms with van der Waals surface area (Å²) in [6.45, 7) is 8.07. The zero-order valence-corrected chi connectivity index (χ0v) is 17.0. The Kier molecular flexibility index (Phi) is 10.2. The lowest BCUT2D eigenvalue weighted by molar-refractivity contribution is -0.123. The number of carbonyl (C=O) groups excluding carboxylic acids is 1. The number of aryl methyl sites for hydroxylation is 2. The van der Waals surface area contributed by atoms with Crippen LogP contribution in [0.2, 0.25) is 0 Å². The molecule has 1 aromatic rings. The van der Waals surface area contributed by atoms with Crippen molar-refractivity contribution in [2.24, 2.45) is 13.0 Å². The summed E-state index contributed by atoms with van der Waals surface area (Å²) in [7, 11) is 1.90. The molecule has 0 aliphatic carbocycles. The standard InChI is InChI=1S/C17H28N4O.2CH2O2/c1-13-16(19(3)12-18-13)17(22)21-10-6-15(7-11-21)14(2)20-8-4-5-9-20;2*2-1-3/h12,14-15H,4-11H2,1-3H3;2*1H,(H,2,3). The average Bonchev–Trinajstić information content (AvgIpc) is 3.32. The number of piperidine rings is 1. The molecule has 0 bridgehead atoms. The Morgan fingerprint density at radius 1 is 1.14 bits per heavy atom. The van der Waals surface area contributed by atoms with Gasteiger partial charge in [0.1, 0.15) is 5.69 Å². The second-order valence-corrected chi connectivity index (χ2v) is 7.11. The normalized spacial score (nSPS) is 18.3. The van der Waals surface area contributed by atoms with Crippen molar-refractivity contribution >= 4 is 18.9 Å². The highest BCUT2D eigenvalue weighted by molar-refractivity contribution is 5.93. The van der Waals surface area contributed by atoms with Crippen molar-refractivity contribution in [1.29, 1.82) is 0 Å². The summed E-state index contributed by atoms with van der Waals surface area (Å²) in [5, 5.41) is 13.8. The molecule has 2 fully saturated rings. The van der Waals surface area contributed by atoms with Crippen LogP contribution in [0.15, 0.2) is 6.33 Å². The number of carbonyl (C=O) groups is 3. The lowest BCUT2D eigenvalue weighted by Gasteiger charge is -2.38. The van der Waals surface area contributed by atoms with Gasteiger partial charge in [0.2, 0.25) is 0 Å². The molecular formula is C19H32N4O5. The summed E-state index contributed by atoms with van der Waals surface area (Å²) in [5.74, 6) is 0.875. The smallest absolute Gasteiger partial charge is 0.290 e. The zero-order chi connectivity index (χ0) is 21.1. The van der Waals surface area contributed by atoms with Crippen molar-refractivity contribution in [2.75, 3.05) is 26.2 Å². The van der Waals surface area contributed by atoms with E-state index >= 15 is 0 Å². The molecule has 28 heavy (non-hydrogen) atoms. The molecule has 3 rings (SSSR count). The second-order valence-electron chi connectivity index (χ2n) is 7.11. The van der Waals surface area contributed by atoms with Gasteiger partial charge in [-0.05, 0) is 58.5 Å². The van der Waals surface area contributed by atoms with Crippen LogP contribution in [0.1, 0.15) is 48.8 Å². The Labute approximate surface area is 166 Å². The maximum atomic E-state index is 12.7. The Morgan fingerprint density at radius 2 is 1.64 bits per heavy atom. The van der Waals surface area contributed by atoms with Crippen molar-refractivity contribution in [3.63, 3.8) is 0 Å². The number of imidazole rings is 1. The topological polar surface area (TPSA) is 116 Å². The Bertz CT molecular complexity index is 594. The van der Waals surface area contributed by atoms with E-state index in [9.17, 15) is 4.79 Å². The fourth-order valence-electron chi connectivity index (χ4n) is 4.03. The third-order valence-corrected chi connectivity index (χ3v) is 5.55. The number of carboxylic acid groups (broad SMARTS) is 2. The molecule has 0 radical (unpaired) electrons. The third kappa shape index (κ3) is 6.33. The van der Waals surface area contributed by atoms with E-state index in [-0.39, 0.29) is 18.9 Å². The largest absolute Gasteiger partial charge is 0.483 e. The predicted octanol–water partition coefficient (Wildman–Crippen LogP) is 1.47. The van der Waals surface area contributed by atoms with Gasteiger partial charge in [-0.25, -0.2) is 4.98 Å². The van der Waals surface area contributed by atoms with Gasteiger partial charge in [0, 0.05) is 26.2 Å². The number of nitrogens with zero attached hydrogens (tertiary/aromatic N) is 4. The van der Waals surface area contributed by atoms with Crippen LogP contribution in [0.4, 0.5) is 0 Å². The van der Waals surface area contributed by atoms with Gasteiger partial charge in [0.05, 0.1) is 12.0 Å². The quantitative estimate of drug-likeness (QED) is 0.743. The van der Waals surface area contributed by atoms with Crippen molar-refractivity contribution in [2.45, 2.75) is 45.6 Å². The summed E-state index contributed by atoms with van der Waals surface area (Å²) in [6.07, 6.45) is 6.67. The van der Waals surface area contributed by atoms with Gasteiger partial charge >= 0.3 is 0 Å². The minimum absolute atomic E-state index is 0.143. The molecule has 9 heteroatoms. The van der Waals surface area contributed by atoms with Crippen LogP contribution in [0.3, 0.4) is 0 Å². The highest BCUT2D eigenvalue weighted by atomic mass is 16.3. The molecule has 2 aliphatic rings. The average molecular weight is 396 g/mol. The number of amides is 1. The molecule has 0 spiro atoms. The van der Waals surface area contributed by atoms with E-state index in [1.54, 1.807) is 6.33 Å². The molecule has 1 aromatic heterocycles. The molecule has 2 aliphatic heterocycles. The molecule has 1 amide bonds. The summed E-state index contributed by atoms with van der Waals surface area (Å²) in [5.41, 5.74) is 1.58. The molecule has 9 nitrogen and oxygen atoms in total. The van der Waals surface area contributed by atoms with Gasteiger partial charge < -0.3 is 24.6 Å². The first-order chi connectivity index (χ1) is 13.4. The van der Waals surface area contributed by atoms with Crippen LogP contribution in [-0.4, -0.2) is 80.6 Å². The highest BCUT2D eigenvalue weighted by Crippen LogP contribution is 2.27. The van der Waals surface area contributed by atoms with Crippen LogP contribution in [0.5, 0.6) is 0 Å². The van der Waals surface area contributed by atoms with E-state index in [0.29, 0.717) is 6.04 Å². The summed E-state index contributed by atoms with van der Waals surface area (Å²) in [4.78, 5) is 38.3. The number of likely N-dealkylation sites (tertiary alicyclic amines) is 2. The second kappa shape index (κ2) is 12.1. The van der Waals surface area contributed by atoms with Crippen molar-refractivity contribution in [3.05, 3.63) is 17.7 Å². The van der Waals surface area contributed by atoms with E-state index in [1.165, 1.54) is 25.9 Å². The molecule has 2 saturated heterocycles. The Morgan fingerprint density at radius 3 is 2.07 bits per heavy atom. The molecule has 0 saturated carbocycles. The first-order valence-electron chi connectivity index (χ1n) is 9.58. The third-order valence-electron chi connectivity index (χ3n) is 5.55. The first kappa shape index (κ1) is 23.6. The van der Waals surface area contributed by atoms with Crippen molar-refractivity contribution < 1.29 is 24.6 Å². The van der Waals surface area contributed by atoms with Gasteiger partial charge in [0.15, 0.2) is 0 Å². The lowest BCUT2D eigenvalue weighted by atomic mass is 9.89. The Balaban J connectivity index is 0.000000582. The summed E-state index contributed by atoms with van der Waals surface area (Å²) >= 11 is 0. The number of rotatable bonds is 3. The van der Waals surface area contributed by atoms with E-state index in [4.69, 9.17) is 19.8 Å². The number of hydrogen-bond acceptors (Lipinski definition) is 5. The molecule has 3 heterocycles. The van der Waals surface area contributed by atoms with Gasteiger partial charge in [-0.2, -0.15) is 0 Å². The van der Waals surface area contributed by atoms with Crippen LogP contribution in [0.25, 0.3) is 0 Å². The highest BCUT2D eigenvalue weighted by Gasteiger charge is 2.31. The minimum Gasteiger partial charge on any atom is -0.483 e. The zero-order valence-electron chi connectivity index (χ0n) is 17.0. The van der Waals surface area contributed by atoms with Crippen LogP contribution in [0, 0.1) is 12.8 Å². The van der Waals surface area contributed by atoms with E-state index in [1.807, 2.05) is 23.4 Å². The predicted molar refractivity (Wildman–Crippen MR) is 104 cm³/mol. The fraction of sp³-hybridized carbons (Fsp3) is 0.684. The molecule has 1 unspecified atom stereocenters. The van der Waals surface area contributed by atoms with Gasteiger partial charge in [-0.1, -0.05) is 0 Å². The Hall–Kier alpha value is -2.42. The van der Waals surface area contributed by atoms with E-state index < -0.39 is 0 Å². The summed E-state index contributed by atoms with van der Waals surface area (Å²) in [6, 6.07) is 0.665. The van der Waals surface area contributed by atoms with Crippen LogP contribution < -0.4 is 0 Å². The van der Waals surface area contributed by atoms with E-state index in [0.717, 1.165) is 43.2 Å². The lowest BCUT2D eigenvalue weighted by Crippen LogP contribution is -2.45. The van der Waals surface area contributed by atoms with E-state index in [2.05, 4.69) is 16.8 Å². The monoisotopic (exact) mass is 396 g/mol. The minimum atomic E-state index is -0.250. The summed E-state index contributed by atoms with van der Waals surface area (Å²) < 4.78 is 1.84. The number of hydrogen-bond donors (Lipinski definition) is 2. The van der Waals surface area contributed by atoms with Gasteiger partial charge in [-0.15, -0.1) is 0 Å². The van der Waals surface area contributed by atoms with Gasteiger partial charge in [-0.3, -0.25) is 14.4 Å². The molecular weight excluding hydrogens is 364 g/mol. The maximum Gasteiger partial charge on any atom is 0.290 e. The van der Waals surface area contributed by atoms with Crippen molar-refractivity contribution in [3.8, 4) is 0 Å². The fourth-order valence-corrected chi connectivity index (χ4v) is 4.03. The molecule has 158 valence electrons. The SMILES string of the molecule is Cc1ncn(C)c1C(=O)N1CCC(C(C)N2CCCC2)CC1.O=CO.O=CO. The molecule has 1 atom stereocenters. The molecule has 2 N–H and O–H groups in total. The van der Waals surface area contributed by atoms with Crippen molar-refractivity contribution in [1.82, 2.24) is 19.4 Å². The van der Waals surface area contributed by atoms with Gasteiger partial charge in [0.25, 0.3) is 18.9 Å². The first-order valence-corrected chi connectivity index (χ1v) is 9.58. The maximum absolute atomic E-state index is 12.7. The number of aromatic nitrogens is 2. The molecule has 0 aromatic carbocycles. The van der Waals surface area contributed by atoms with Crippen LogP contribution >= 0.6 is 0 Å².